The standard InChI is InChI=1S/C25H25N5O2/c31-23(15-16-26-25(32)27-19-11-5-2-6-12-19)28-22(17-18-9-3-1-4-10-18)24-29-20-13-7-8-14-21(20)30-24/h1-14,22H,15-17H2,(H,28,31)(H,29,30)(H2,26,27,32)/t22-/m1/s1. The van der Waals surface area contributed by atoms with Crippen LogP contribution in [0.5, 0.6) is 0 Å². The number of amides is 3. The molecule has 4 N–H and O–H groups in total. The predicted molar refractivity (Wildman–Crippen MR) is 125 cm³/mol. The number of hydrogen-bond donors (Lipinski definition) is 4. The minimum atomic E-state index is -0.345. The number of fused-ring (bicyclic) bond motifs is 1. The molecule has 3 aromatic carbocycles. The Kier molecular flexibility index (Phi) is 6.77. The Balaban J connectivity index is 1.36. The van der Waals surface area contributed by atoms with E-state index in [0.29, 0.717) is 17.9 Å². The summed E-state index contributed by atoms with van der Waals surface area (Å²) < 4.78 is 0. The normalized spacial score (nSPS) is 11.6. The molecule has 1 heterocycles. The third-order valence-electron chi connectivity index (χ3n) is 5.02. The van der Waals surface area contributed by atoms with Gasteiger partial charge in [0.05, 0.1) is 17.1 Å². The minimum absolute atomic E-state index is 0.160. The zero-order valence-corrected chi connectivity index (χ0v) is 17.5. The third kappa shape index (κ3) is 5.72. The summed E-state index contributed by atoms with van der Waals surface area (Å²) in [6.07, 6.45) is 0.766. The number of rotatable bonds is 8. The van der Waals surface area contributed by atoms with Crippen LogP contribution in [-0.4, -0.2) is 28.5 Å². The monoisotopic (exact) mass is 427 g/mol. The Hall–Kier alpha value is -4.13. The van der Waals surface area contributed by atoms with Crippen LogP contribution in [0, 0.1) is 0 Å². The van der Waals surface area contributed by atoms with Crippen LogP contribution < -0.4 is 16.0 Å². The lowest BCUT2D eigenvalue weighted by molar-refractivity contribution is -0.121. The molecule has 0 unspecified atom stereocenters. The van der Waals surface area contributed by atoms with Gasteiger partial charge in [-0.2, -0.15) is 0 Å². The van der Waals surface area contributed by atoms with Gasteiger partial charge in [0.2, 0.25) is 5.91 Å². The van der Waals surface area contributed by atoms with Gasteiger partial charge >= 0.3 is 6.03 Å². The van der Waals surface area contributed by atoms with E-state index < -0.39 is 0 Å². The molecule has 0 saturated heterocycles. The molecule has 0 radical (unpaired) electrons. The van der Waals surface area contributed by atoms with Gasteiger partial charge in [0.25, 0.3) is 0 Å². The van der Waals surface area contributed by atoms with Crippen molar-refractivity contribution in [2.75, 3.05) is 11.9 Å². The zero-order valence-electron chi connectivity index (χ0n) is 17.5. The molecule has 0 fully saturated rings. The Morgan fingerprint density at radius 1 is 0.875 bits per heavy atom. The van der Waals surface area contributed by atoms with Crippen LogP contribution in [0.3, 0.4) is 0 Å². The van der Waals surface area contributed by atoms with Crippen LogP contribution in [0.15, 0.2) is 84.9 Å². The molecule has 7 heteroatoms. The van der Waals surface area contributed by atoms with E-state index in [4.69, 9.17) is 0 Å². The number of H-pyrrole nitrogens is 1. The highest BCUT2D eigenvalue weighted by Crippen LogP contribution is 2.20. The number of nitrogens with one attached hydrogen (secondary N) is 4. The van der Waals surface area contributed by atoms with Crippen LogP contribution in [0.2, 0.25) is 0 Å². The quantitative estimate of drug-likeness (QED) is 0.340. The van der Waals surface area contributed by atoms with E-state index >= 15 is 0 Å². The summed E-state index contributed by atoms with van der Waals surface area (Å²) in [6.45, 7) is 0.225. The first-order chi connectivity index (χ1) is 15.7. The van der Waals surface area contributed by atoms with E-state index in [1.165, 1.54) is 0 Å². The highest BCUT2D eigenvalue weighted by molar-refractivity contribution is 5.89. The summed E-state index contributed by atoms with van der Waals surface area (Å²) in [7, 11) is 0. The number of carbonyl (C=O) groups excluding carboxylic acids is 2. The van der Waals surface area contributed by atoms with Gasteiger partial charge in [-0.25, -0.2) is 9.78 Å². The lowest BCUT2D eigenvalue weighted by Crippen LogP contribution is -2.35. The summed E-state index contributed by atoms with van der Waals surface area (Å²) in [5.74, 6) is 0.546. The molecule has 32 heavy (non-hydrogen) atoms. The second-order valence-corrected chi connectivity index (χ2v) is 7.45. The number of aromatic nitrogens is 2. The molecule has 0 aliphatic rings. The van der Waals surface area contributed by atoms with Crippen molar-refractivity contribution >= 4 is 28.7 Å². The van der Waals surface area contributed by atoms with E-state index in [0.717, 1.165) is 16.6 Å². The van der Waals surface area contributed by atoms with Crippen LogP contribution in [0.4, 0.5) is 10.5 Å². The van der Waals surface area contributed by atoms with Gasteiger partial charge in [0.15, 0.2) is 0 Å². The molecule has 0 aliphatic heterocycles. The van der Waals surface area contributed by atoms with E-state index in [1.54, 1.807) is 12.1 Å². The van der Waals surface area contributed by atoms with Crippen molar-refractivity contribution in [3.05, 3.63) is 96.3 Å². The van der Waals surface area contributed by atoms with Gasteiger partial charge in [-0.3, -0.25) is 4.79 Å². The fourth-order valence-corrected chi connectivity index (χ4v) is 3.46. The number of carbonyl (C=O) groups is 2. The van der Waals surface area contributed by atoms with Gasteiger partial charge in [0.1, 0.15) is 5.82 Å². The van der Waals surface area contributed by atoms with Crippen molar-refractivity contribution in [1.82, 2.24) is 20.6 Å². The number of benzene rings is 3. The molecule has 3 amide bonds. The highest BCUT2D eigenvalue weighted by Gasteiger charge is 2.19. The molecular weight excluding hydrogens is 402 g/mol. The third-order valence-corrected chi connectivity index (χ3v) is 5.02. The molecule has 162 valence electrons. The summed E-state index contributed by atoms with van der Waals surface area (Å²) in [6, 6.07) is 26.2. The summed E-state index contributed by atoms with van der Waals surface area (Å²) in [5.41, 5.74) is 3.57. The second-order valence-electron chi connectivity index (χ2n) is 7.45. The number of nitrogens with zero attached hydrogens (tertiary/aromatic N) is 1. The van der Waals surface area contributed by atoms with Crippen LogP contribution >= 0.6 is 0 Å². The van der Waals surface area contributed by atoms with E-state index in [1.807, 2.05) is 72.8 Å². The molecule has 0 spiro atoms. The minimum Gasteiger partial charge on any atom is -0.346 e. The molecule has 0 bridgehead atoms. The first kappa shape index (κ1) is 21.1. The largest absolute Gasteiger partial charge is 0.346 e. The van der Waals surface area contributed by atoms with Crippen LogP contribution in [-0.2, 0) is 11.2 Å². The number of imidazole rings is 1. The zero-order chi connectivity index (χ0) is 22.2. The lowest BCUT2D eigenvalue weighted by atomic mass is 10.1. The van der Waals surface area contributed by atoms with Gasteiger partial charge in [-0.15, -0.1) is 0 Å². The summed E-state index contributed by atoms with van der Waals surface area (Å²) in [4.78, 5) is 32.6. The van der Waals surface area contributed by atoms with Crippen LogP contribution in [0.1, 0.15) is 23.9 Å². The Morgan fingerprint density at radius 2 is 1.56 bits per heavy atom. The lowest BCUT2D eigenvalue weighted by Gasteiger charge is -2.17. The number of para-hydroxylation sites is 3. The van der Waals surface area contributed by atoms with Gasteiger partial charge in [-0.1, -0.05) is 60.7 Å². The van der Waals surface area contributed by atoms with E-state index in [-0.39, 0.29) is 30.9 Å². The Morgan fingerprint density at radius 3 is 2.31 bits per heavy atom. The summed E-state index contributed by atoms with van der Waals surface area (Å²) in [5, 5.41) is 8.51. The van der Waals surface area contributed by atoms with Crippen molar-refractivity contribution in [2.45, 2.75) is 18.9 Å². The van der Waals surface area contributed by atoms with Crippen molar-refractivity contribution < 1.29 is 9.59 Å². The average molecular weight is 428 g/mol. The van der Waals surface area contributed by atoms with Crippen molar-refractivity contribution in [2.24, 2.45) is 0 Å². The highest BCUT2D eigenvalue weighted by atomic mass is 16.2. The maximum atomic E-state index is 12.6. The number of hydrogen-bond acceptors (Lipinski definition) is 3. The van der Waals surface area contributed by atoms with Gasteiger partial charge in [0, 0.05) is 18.7 Å². The van der Waals surface area contributed by atoms with Crippen LogP contribution in [0.25, 0.3) is 11.0 Å². The molecule has 4 aromatic rings. The van der Waals surface area contributed by atoms with Crippen molar-refractivity contribution in [3.8, 4) is 0 Å². The fourth-order valence-electron chi connectivity index (χ4n) is 3.46. The second kappa shape index (κ2) is 10.3. The maximum Gasteiger partial charge on any atom is 0.319 e. The van der Waals surface area contributed by atoms with Gasteiger partial charge < -0.3 is 20.9 Å². The van der Waals surface area contributed by atoms with Gasteiger partial charge in [-0.05, 0) is 36.2 Å². The van der Waals surface area contributed by atoms with Crippen molar-refractivity contribution in [1.29, 1.82) is 0 Å². The van der Waals surface area contributed by atoms with Crippen molar-refractivity contribution in [3.63, 3.8) is 0 Å². The SMILES string of the molecule is O=C(CCNC(=O)Nc1ccccc1)N[C@H](Cc1ccccc1)c1nc2ccccc2[nH]1. The summed E-state index contributed by atoms with van der Waals surface area (Å²) >= 11 is 0. The molecule has 7 nitrogen and oxygen atoms in total. The first-order valence-corrected chi connectivity index (χ1v) is 10.6. The average Bonchev–Trinajstić information content (AvgIpc) is 3.24. The molecule has 1 aromatic heterocycles. The predicted octanol–water partition coefficient (Wildman–Crippen LogP) is 4.17. The molecule has 4 rings (SSSR count). The Bertz CT molecular complexity index is 1140. The molecule has 0 saturated carbocycles. The Labute approximate surface area is 186 Å². The number of anilines is 1. The molecular formula is C25H25N5O2. The first-order valence-electron chi connectivity index (χ1n) is 10.6. The molecule has 0 aliphatic carbocycles. The topological polar surface area (TPSA) is 98.9 Å². The fraction of sp³-hybridized carbons (Fsp3) is 0.160. The number of aromatic amines is 1. The van der Waals surface area contributed by atoms with E-state index in [2.05, 4.69) is 25.9 Å². The molecule has 1 atom stereocenters. The maximum absolute atomic E-state index is 12.6. The smallest absolute Gasteiger partial charge is 0.319 e. The van der Waals surface area contributed by atoms with E-state index in [9.17, 15) is 9.59 Å². The number of urea groups is 1.